The maximum Gasteiger partial charge on any atom is 0.0916 e. The van der Waals surface area contributed by atoms with Gasteiger partial charge < -0.3 is 4.74 Å². The Bertz CT molecular complexity index is 78.6. The highest BCUT2D eigenvalue weighted by Crippen LogP contribution is 2.24. The van der Waals surface area contributed by atoms with Gasteiger partial charge in [0, 0.05) is 17.4 Å². The highest BCUT2D eigenvalue weighted by atomic mass is 32.2. The molecular formula is C6H10OS. The van der Waals surface area contributed by atoms with Crippen molar-refractivity contribution in [2.24, 2.45) is 5.92 Å². The predicted octanol–water partition coefficient (Wildman–Crippen LogP) is 1.51. The van der Waals surface area contributed by atoms with Crippen molar-refractivity contribution in [3.63, 3.8) is 0 Å². The summed E-state index contributed by atoms with van der Waals surface area (Å²) in [4.78, 5) is 0. The molecule has 1 fully saturated rings. The third kappa shape index (κ3) is 1.44. The van der Waals surface area contributed by atoms with Crippen molar-refractivity contribution in [3.8, 4) is 0 Å². The van der Waals surface area contributed by atoms with Crippen molar-refractivity contribution in [1.29, 1.82) is 0 Å². The van der Waals surface area contributed by atoms with Crippen LogP contribution in [0.2, 0.25) is 0 Å². The van der Waals surface area contributed by atoms with Gasteiger partial charge in [0.15, 0.2) is 0 Å². The molecule has 0 N–H and O–H groups in total. The van der Waals surface area contributed by atoms with E-state index in [1.807, 2.05) is 11.8 Å². The third-order valence-electron chi connectivity index (χ3n) is 1.16. The fourth-order valence-electron chi connectivity index (χ4n) is 0.585. The number of hydrogen-bond donors (Lipinski definition) is 0. The molecule has 0 aromatic rings. The van der Waals surface area contributed by atoms with Crippen LogP contribution in [0.4, 0.5) is 0 Å². The topological polar surface area (TPSA) is 9.23 Å². The van der Waals surface area contributed by atoms with Gasteiger partial charge >= 0.3 is 0 Å². The molecule has 1 saturated heterocycles. The molecule has 0 aliphatic carbocycles. The molecule has 0 bridgehead atoms. The summed E-state index contributed by atoms with van der Waals surface area (Å²) in [7, 11) is 0. The molecule has 0 radical (unpaired) electrons. The van der Waals surface area contributed by atoms with E-state index in [0.29, 0.717) is 0 Å². The second-order valence-electron chi connectivity index (χ2n) is 1.90. The van der Waals surface area contributed by atoms with E-state index in [1.165, 1.54) is 17.8 Å². The smallest absolute Gasteiger partial charge is 0.0916 e. The van der Waals surface area contributed by atoms with E-state index in [-0.39, 0.29) is 0 Å². The number of hydrogen-bond acceptors (Lipinski definition) is 2. The average Bonchev–Trinajstić information content (AvgIpc) is 1.63. The number of thioether (sulfide) groups is 1. The van der Waals surface area contributed by atoms with Gasteiger partial charge in [0.2, 0.25) is 0 Å². The van der Waals surface area contributed by atoms with E-state index in [1.54, 1.807) is 0 Å². The summed E-state index contributed by atoms with van der Waals surface area (Å²) in [5.74, 6) is 3.35. The molecule has 46 valence electrons. The summed E-state index contributed by atoms with van der Waals surface area (Å²) in [5.41, 5.74) is 0. The van der Waals surface area contributed by atoms with Crippen molar-refractivity contribution >= 4 is 11.8 Å². The van der Waals surface area contributed by atoms with Gasteiger partial charge in [-0.1, -0.05) is 6.58 Å². The first-order chi connectivity index (χ1) is 3.93. The molecule has 0 saturated carbocycles. The molecule has 1 aliphatic heterocycles. The molecule has 0 spiro atoms. The van der Waals surface area contributed by atoms with E-state index in [9.17, 15) is 0 Å². The van der Waals surface area contributed by atoms with Crippen molar-refractivity contribution in [3.05, 3.63) is 12.8 Å². The molecule has 1 nitrogen and oxygen atoms in total. The zero-order chi connectivity index (χ0) is 5.82. The lowest BCUT2D eigenvalue weighted by Crippen LogP contribution is -2.22. The summed E-state index contributed by atoms with van der Waals surface area (Å²) in [6.45, 7) is 4.33. The molecule has 1 rings (SSSR count). The van der Waals surface area contributed by atoms with Crippen molar-refractivity contribution in [2.75, 3.05) is 18.1 Å². The van der Waals surface area contributed by atoms with Crippen LogP contribution in [0.3, 0.4) is 0 Å². The minimum absolute atomic E-state index is 0.804. The highest BCUT2D eigenvalue weighted by molar-refractivity contribution is 8.00. The second-order valence-corrected chi connectivity index (χ2v) is 2.98. The van der Waals surface area contributed by atoms with Crippen LogP contribution in [0.1, 0.15) is 0 Å². The molecule has 1 heterocycles. The van der Waals surface area contributed by atoms with Crippen LogP contribution in [0, 0.1) is 5.92 Å². The first kappa shape index (κ1) is 6.02. The minimum atomic E-state index is 0.804. The SMILES string of the molecule is C=COCC1CSC1. The normalized spacial score (nSPS) is 19.5. The second kappa shape index (κ2) is 3.02. The predicted molar refractivity (Wildman–Crippen MR) is 37.0 cm³/mol. The Morgan fingerprint density at radius 3 is 2.88 bits per heavy atom. The largest absolute Gasteiger partial charge is 0.501 e. The van der Waals surface area contributed by atoms with Gasteiger partial charge in [0.25, 0.3) is 0 Å². The van der Waals surface area contributed by atoms with Gasteiger partial charge in [-0.3, -0.25) is 0 Å². The lowest BCUT2D eigenvalue weighted by molar-refractivity contribution is 0.212. The van der Waals surface area contributed by atoms with Gasteiger partial charge in [-0.05, 0) is 0 Å². The highest BCUT2D eigenvalue weighted by Gasteiger charge is 2.17. The van der Waals surface area contributed by atoms with Crippen LogP contribution in [-0.2, 0) is 4.74 Å². The Labute approximate surface area is 54.1 Å². The van der Waals surface area contributed by atoms with Crippen molar-refractivity contribution in [2.45, 2.75) is 0 Å². The van der Waals surface area contributed by atoms with Crippen LogP contribution in [0.15, 0.2) is 12.8 Å². The fraction of sp³-hybridized carbons (Fsp3) is 0.667. The summed E-state index contributed by atoms with van der Waals surface area (Å²) >= 11 is 1.98. The van der Waals surface area contributed by atoms with Gasteiger partial charge in [0.05, 0.1) is 12.9 Å². The molecule has 0 amide bonds. The Balaban J connectivity index is 1.93. The zero-order valence-electron chi connectivity index (χ0n) is 4.80. The van der Waals surface area contributed by atoms with E-state index >= 15 is 0 Å². The lowest BCUT2D eigenvalue weighted by atomic mass is 10.2. The van der Waals surface area contributed by atoms with E-state index < -0.39 is 0 Å². The quantitative estimate of drug-likeness (QED) is 0.535. The van der Waals surface area contributed by atoms with E-state index in [0.717, 1.165) is 12.5 Å². The van der Waals surface area contributed by atoms with E-state index in [4.69, 9.17) is 4.74 Å². The van der Waals surface area contributed by atoms with Crippen LogP contribution in [0.25, 0.3) is 0 Å². The molecule has 8 heavy (non-hydrogen) atoms. The maximum absolute atomic E-state index is 4.99. The monoisotopic (exact) mass is 130 g/mol. The standard InChI is InChI=1S/C6H10OS/c1-2-7-3-6-4-8-5-6/h2,6H,1,3-5H2. The summed E-state index contributed by atoms with van der Waals surface area (Å²) < 4.78 is 4.99. The Morgan fingerprint density at radius 1 is 1.75 bits per heavy atom. The molecule has 0 aromatic heterocycles. The minimum Gasteiger partial charge on any atom is -0.501 e. The van der Waals surface area contributed by atoms with Crippen molar-refractivity contribution in [1.82, 2.24) is 0 Å². The molecule has 0 atom stereocenters. The van der Waals surface area contributed by atoms with Crippen LogP contribution in [0.5, 0.6) is 0 Å². The first-order valence-corrected chi connectivity index (χ1v) is 3.89. The Kier molecular flexibility index (Phi) is 2.27. The van der Waals surface area contributed by atoms with Crippen LogP contribution in [-0.4, -0.2) is 18.1 Å². The van der Waals surface area contributed by atoms with Gasteiger partial charge in [-0.2, -0.15) is 11.8 Å². The summed E-state index contributed by atoms with van der Waals surface area (Å²) in [6, 6.07) is 0. The fourth-order valence-corrected chi connectivity index (χ4v) is 1.35. The van der Waals surface area contributed by atoms with Crippen LogP contribution < -0.4 is 0 Å². The summed E-state index contributed by atoms with van der Waals surface area (Å²) in [6.07, 6.45) is 1.52. The zero-order valence-corrected chi connectivity index (χ0v) is 5.62. The van der Waals surface area contributed by atoms with Crippen molar-refractivity contribution < 1.29 is 4.74 Å². The average molecular weight is 130 g/mol. The summed E-state index contributed by atoms with van der Waals surface area (Å²) in [5, 5.41) is 0. The van der Waals surface area contributed by atoms with E-state index in [2.05, 4.69) is 6.58 Å². The van der Waals surface area contributed by atoms with Gasteiger partial charge in [-0.15, -0.1) is 0 Å². The van der Waals surface area contributed by atoms with Gasteiger partial charge in [0.1, 0.15) is 0 Å². The molecule has 2 heteroatoms. The first-order valence-electron chi connectivity index (χ1n) is 2.73. The number of ether oxygens (including phenoxy) is 1. The van der Waals surface area contributed by atoms with Crippen LogP contribution >= 0.6 is 11.8 Å². The molecular weight excluding hydrogens is 120 g/mol. The number of rotatable bonds is 3. The lowest BCUT2D eigenvalue weighted by Gasteiger charge is -2.23. The Morgan fingerprint density at radius 2 is 2.50 bits per heavy atom. The molecule has 1 aliphatic rings. The van der Waals surface area contributed by atoms with Gasteiger partial charge in [-0.25, -0.2) is 0 Å². The molecule has 0 unspecified atom stereocenters. The maximum atomic E-state index is 4.99. The Hall–Kier alpha value is -0.110. The molecule has 0 aromatic carbocycles. The third-order valence-corrected chi connectivity index (χ3v) is 2.57.